The van der Waals surface area contributed by atoms with E-state index in [1.54, 1.807) is 12.2 Å². The number of carbonyl (C=O) groups excluding carboxylic acids is 1. The minimum absolute atomic E-state index is 0. The first-order valence-corrected chi connectivity index (χ1v) is 2.62. The molecule has 0 aromatic heterocycles. The Morgan fingerprint density at radius 3 is 2.44 bits per heavy atom. The van der Waals surface area contributed by atoms with Crippen molar-refractivity contribution in [2.75, 3.05) is 0 Å². The number of allylic oxidation sites excluding steroid dienone is 1. The molecule has 56 valence electrons. The molecule has 0 aromatic carbocycles. The number of carboxylic acids is 1. The van der Waals surface area contributed by atoms with Crippen LogP contribution in [-0.4, -0.2) is 5.97 Å². The summed E-state index contributed by atoms with van der Waals surface area (Å²) in [6, 6.07) is 0. The van der Waals surface area contributed by atoms with Crippen molar-refractivity contribution in [3.63, 3.8) is 0 Å². The van der Waals surface area contributed by atoms with Crippen LogP contribution >= 0.6 is 0 Å². The maximum atomic E-state index is 9.71. The van der Waals surface area contributed by atoms with E-state index in [0.29, 0.717) is 0 Å². The van der Waals surface area contributed by atoms with Crippen LogP contribution in [0.15, 0.2) is 12.2 Å². The van der Waals surface area contributed by atoms with Crippen LogP contribution in [0.5, 0.6) is 0 Å². The molecule has 2 nitrogen and oxygen atoms in total. The summed E-state index contributed by atoms with van der Waals surface area (Å²) in [7, 11) is 0. The van der Waals surface area contributed by atoms with Crippen LogP contribution in [-0.2, 0) is 27.2 Å². The van der Waals surface area contributed by atoms with E-state index in [9.17, 15) is 9.90 Å². The molecule has 0 radical (unpaired) electrons. The topological polar surface area (TPSA) is 40.1 Å². The normalized spacial score (nSPS) is 9.00. The number of aliphatic carboxylic acids is 1. The quantitative estimate of drug-likeness (QED) is 0.500. The van der Waals surface area contributed by atoms with Crippen molar-refractivity contribution >= 4 is 5.97 Å². The Hall–Kier alpha value is -0.0497. The minimum atomic E-state index is -1.02. The van der Waals surface area contributed by atoms with E-state index in [1.165, 1.54) is 0 Å². The molecular weight excluding hydrogens is 212 g/mol. The molecule has 0 rings (SSSR count). The Kier molecular flexibility index (Phi) is 10.3. The molecule has 0 amide bonds. The second kappa shape index (κ2) is 7.95. The van der Waals surface area contributed by atoms with Crippen molar-refractivity contribution in [3.05, 3.63) is 12.2 Å². The van der Waals surface area contributed by atoms with Gasteiger partial charge < -0.3 is 9.90 Å². The van der Waals surface area contributed by atoms with Gasteiger partial charge in [0, 0.05) is 12.4 Å². The first-order chi connectivity index (χ1) is 3.77. The minimum Gasteiger partial charge on any atom is -0.550 e. The van der Waals surface area contributed by atoms with Crippen LogP contribution in [0.1, 0.15) is 19.8 Å². The van der Waals surface area contributed by atoms with Gasteiger partial charge in [-0.2, -0.15) is 0 Å². The third-order valence-corrected chi connectivity index (χ3v) is 0.687. The van der Waals surface area contributed by atoms with Gasteiger partial charge in [0.25, 0.3) is 0 Å². The molecule has 0 atom stereocenters. The molecule has 0 spiro atoms. The summed E-state index contributed by atoms with van der Waals surface area (Å²) in [5.41, 5.74) is 0. The van der Waals surface area contributed by atoms with Crippen molar-refractivity contribution in [2.24, 2.45) is 0 Å². The molecule has 3 heteroatoms. The Morgan fingerprint density at radius 2 is 2.11 bits per heavy atom. The van der Waals surface area contributed by atoms with E-state index >= 15 is 0 Å². The largest absolute Gasteiger partial charge is 1.00 e. The zero-order valence-corrected chi connectivity index (χ0v) is 6.67. The monoisotopic (exact) mass is 220 g/mol. The fourth-order valence-corrected chi connectivity index (χ4v) is 0.346. The van der Waals surface area contributed by atoms with E-state index in [4.69, 9.17) is 0 Å². The van der Waals surface area contributed by atoms with E-state index in [-0.39, 0.29) is 28.8 Å². The van der Waals surface area contributed by atoms with Crippen LogP contribution in [0.4, 0.5) is 0 Å². The maximum absolute atomic E-state index is 9.71. The van der Waals surface area contributed by atoms with Crippen LogP contribution in [0.2, 0.25) is 0 Å². The fraction of sp³-hybridized carbons (Fsp3) is 0.500. The van der Waals surface area contributed by atoms with Crippen molar-refractivity contribution < 1.29 is 32.3 Å². The second-order valence-electron chi connectivity index (χ2n) is 1.46. The van der Waals surface area contributed by atoms with Crippen molar-refractivity contribution in [3.8, 4) is 0 Å². The van der Waals surface area contributed by atoms with Crippen LogP contribution in [0, 0.1) is 0 Å². The van der Waals surface area contributed by atoms with E-state index < -0.39 is 5.97 Å². The summed E-state index contributed by atoms with van der Waals surface area (Å²) in [5, 5.41) is 9.71. The molecule has 0 fully saturated rings. The Bertz CT molecular complexity index is 99.2. The van der Waals surface area contributed by atoms with Gasteiger partial charge in [0.1, 0.15) is 0 Å². The van der Waals surface area contributed by atoms with E-state index in [1.807, 2.05) is 6.92 Å². The van der Waals surface area contributed by atoms with Gasteiger partial charge >= 0.3 is 22.4 Å². The molecule has 0 bridgehead atoms. The average Bonchev–Trinajstić information content (AvgIpc) is 1.66. The van der Waals surface area contributed by atoms with Gasteiger partial charge in [-0.1, -0.05) is 19.1 Å². The molecule has 0 aliphatic heterocycles. The van der Waals surface area contributed by atoms with Gasteiger partial charge in [-0.05, 0) is 6.42 Å². The maximum Gasteiger partial charge on any atom is 1.00 e. The molecule has 9 heavy (non-hydrogen) atoms. The zero-order chi connectivity index (χ0) is 6.41. The van der Waals surface area contributed by atoms with Gasteiger partial charge in [-0.3, -0.25) is 0 Å². The summed E-state index contributed by atoms with van der Waals surface area (Å²) in [6.45, 7) is 1.95. The smallest absolute Gasteiger partial charge is 0.550 e. The van der Waals surface area contributed by atoms with Crippen LogP contribution in [0.25, 0.3) is 0 Å². The number of carboxylic acid groups (broad SMARTS) is 1. The summed E-state index contributed by atoms with van der Waals surface area (Å²) in [6.07, 6.45) is 4.31. The molecule has 0 unspecified atom stereocenters. The fourth-order valence-electron chi connectivity index (χ4n) is 0.346. The third kappa shape index (κ3) is 11.5. The molecule has 0 aromatic rings. The van der Waals surface area contributed by atoms with Gasteiger partial charge in [0.15, 0.2) is 0 Å². The first-order valence-electron chi connectivity index (χ1n) is 2.62. The number of hydrogen-bond acceptors (Lipinski definition) is 2. The van der Waals surface area contributed by atoms with Crippen LogP contribution < -0.4 is 5.11 Å². The zero-order valence-electron chi connectivity index (χ0n) is 5.19. The van der Waals surface area contributed by atoms with Gasteiger partial charge in [0.05, 0.1) is 0 Å². The Morgan fingerprint density at radius 1 is 1.56 bits per heavy atom. The summed E-state index contributed by atoms with van der Waals surface area (Å²) < 4.78 is 0. The van der Waals surface area contributed by atoms with Crippen molar-refractivity contribution in [2.45, 2.75) is 19.8 Å². The number of carbonyl (C=O) groups is 1. The standard InChI is InChI=1S/C6H10O2.Ag/c1-2-3-4-5-6(7)8;/h3-4H,2,5H2,1H3,(H,7,8);/q;+1/p-1. The molecule has 0 aliphatic carbocycles. The Balaban J connectivity index is 0. The van der Waals surface area contributed by atoms with Gasteiger partial charge in [-0.25, -0.2) is 0 Å². The Labute approximate surface area is 70.5 Å². The molecule has 0 saturated heterocycles. The predicted molar refractivity (Wildman–Crippen MR) is 29.1 cm³/mol. The summed E-state index contributed by atoms with van der Waals surface area (Å²) in [4.78, 5) is 9.71. The number of hydrogen-bond donors (Lipinski definition) is 0. The molecule has 0 saturated carbocycles. The SMILES string of the molecule is CCC=CCC(=O)[O-].[Ag+]. The van der Waals surface area contributed by atoms with E-state index in [2.05, 4.69) is 0 Å². The molecular formula is C6H9AgO2. The third-order valence-electron chi connectivity index (χ3n) is 0.687. The van der Waals surface area contributed by atoms with Gasteiger partial charge in [-0.15, -0.1) is 0 Å². The van der Waals surface area contributed by atoms with Crippen LogP contribution in [0.3, 0.4) is 0 Å². The van der Waals surface area contributed by atoms with Crippen molar-refractivity contribution in [1.82, 2.24) is 0 Å². The number of rotatable bonds is 3. The molecule has 0 N–H and O–H groups in total. The molecule has 0 heterocycles. The summed E-state index contributed by atoms with van der Waals surface area (Å²) in [5.74, 6) is -1.02. The van der Waals surface area contributed by atoms with E-state index in [0.717, 1.165) is 6.42 Å². The average molecular weight is 221 g/mol. The molecule has 0 aliphatic rings. The predicted octanol–water partition coefficient (Wildman–Crippen LogP) is 0.0901. The van der Waals surface area contributed by atoms with Crippen molar-refractivity contribution in [1.29, 1.82) is 0 Å². The second-order valence-corrected chi connectivity index (χ2v) is 1.46. The summed E-state index contributed by atoms with van der Waals surface area (Å²) >= 11 is 0. The first kappa shape index (κ1) is 11.7. The van der Waals surface area contributed by atoms with Gasteiger partial charge in [0.2, 0.25) is 0 Å².